The zero-order valence-electron chi connectivity index (χ0n) is 12.3. The van der Waals surface area contributed by atoms with Gasteiger partial charge >= 0.3 is 0 Å². The van der Waals surface area contributed by atoms with Crippen LogP contribution in [0.2, 0.25) is 0 Å². The van der Waals surface area contributed by atoms with Crippen LogP contribution in [0.25, 0.3) is 17.5 Å². The maximum absolute atomic E-state index is 5.88. The molecule has 4 rings (SSSR count). The van der Waals surface area contributed by atoms with Crippen molar-refractivity contribution in [3.63, 3.8) is 0 Å². The minimum atomic E-state index is 0.267. The van der Waals surface area contributed by atoms with E-state index in [1.54, 1.807) is 0 Å². The fraction of sp³-hybridized carbons (Fsp3) is 0.176. The van der Waals surface area contributed by atoms with E-state index < -0.39 is 0 Å². The lowest BCUT2D eigenvalue weighted by Crippen LogP contribution is -2.14. The summed E-state index contributed by atoms with van der Waals surface area (Å²) in [5.74, 6) is 2.38. The van der Waals surface area contributed by atoms with Gasteiger partial charge in [0.2, 0.25) is 0 Å². The predicted octanol–water partition coefficient (Wildman–Crippen LogP) is 2.68. The summed E-state index contributed by atoms with van der Waals surface area (Å²) < 4.78 is 4.20. The Morgan fingerprint density at radius 3 is 2.95 bits per heavy atom. The maximum Gasteiger partial charge on any atom is 0.115 e. The van der Waals surface area contributed by atoms with Crippen molar-refractivity contribution in [2.75, 3.05) is 5.73 Å². The molecule has 22 heavy (non-hydrogen) atoms. The molecule has 1 aliphatic heterocycles. The van der Waals surface area contributed by atoms with Gasteiger partial charge in [0.15, 0.2) is 0 Å². The SMILES string of the molecule is Cn1ccnc1C1C=Cn2c(-c3cccc(N)c3)cnc2C1. The Labute approximate surface area is 128 Å². The van der Waals surface area contributed by atoms with Crippen molar-refractivity contribution >= 4 is 11.9 Å². The van der Waals surface area contributed by atoms with E-state index in [4.69, 9.17) is 5.73 Å². The summed E-state index contributed by atoms with van der Waals surface area (Å²) >= 11 is 0. The molecule has 0 bridgehead atoms. The first-order valence-electron chi connectivity index (χ1n) is 7.30. The number of nitrogens with zero attached hydrogens (tertiary/aromatic N) is 4. The highest BCUT2D eigenvalue weighted by Crippen LogP contribution is 2.30. The van der Waals surface area contributed by atoms with E-state index in [-0.39, 0.29) is 5.92 Å². The molecular weight excluding hydrogens is 274 g/mol. The Hall–Kier alpha value is -2.82. The Morgan fingerprint density at radius 1 is 1.27 bits per heavy atom. The fourth-order valence-electron chi connectivity index (χ4n) is 2.99. The van der Waals surface area contributed by atoms with Gasteiger partial charge in [0.25, 0.3) is 0 Å². The van der Waals surface area contributed by atoms with Crippen LogP contribution in [0.3, 0.4) is 0 Å². The summed E-state index contributed by atoms with van der Waals surface area (Å²) in [6.45, 7) is 0. The van der Waals surface area contributed by atoms with Gasteiger partial charge in [-0.15, -0.1) is 0 Å². The summed E-state index contributed by atoms with van der Waals surface area (Å²) in [4.78, 5) is 9.03. The number of fused-ring (bicyclic) bond motifs is 1. The van der Waals surface area contributed by atoms with Crippen molar-refractivity contribution in [1.82, 2.24) is 19.1 Å². The van der Waals surface area contributed by atoms with Gasteiger partial charge in [-0.3, -0.25) is 0 Å². The van der Waals surface area contributed by atoms with E-state index in [9.17, 15) is 0 Å². The molecule has 2 N–H and O–H groups in total. The number of imidazole rings is 2. The molecule has 0 aliphatic carbocycles. The van der Waals surface area contributed by atoms with Gasteiger partial charge < -0.3 is 14.9 Å². The number of benzene rings is 1. The Morgan fingerprint density at radius 2 is 2.18 bits per heavy atom. The number of rotatable bonds is 2. The van der Waals surface area contributed by atoms with Gasteiger partial charge in [0, 0.05) is 49.2 Å². The molecule has 0 fully saturated rings. The number of nitrogen functional groups attached to an aromatic ring is 1. The average Bonchev–Trinajstić information content (AvgIpc) is 3.12. The number of aromatic nitrogens is 4. The fourth-order valence-corrected chi connectivity index (χ4v) is 2.99. The Balaban J connectivity index is 1.71. The highest BCUT2D eigenvalue weighted by molar-refractivity contribution is 5.66. The van der Waals surface area contributed by atoms with Crippen LogP contribution < -0.4 is 5.73 Å². The second-order valence-electron chi connectivity index (χ2n) is 5.60. The van der Waals surface area contributed by atoms with Crippen LogP contribution in [0.5, 0.6) is 0 Å². The van der Waals surface area contributed by atoms with Crippen molar-refractivity contribution in [3.05, 3.63) is 60.6 Å². The molecule has 1 aliphatic rings. The number of hydrogen-bond acceptors (Lipinski definition) is 3. The molecule has 5 nitrogen and oxygen atoms in total. The lowest BCUT2D eigenvalue weighted by atomic mass is 10.0. The zero-order chi connectivity index (χ0) is 15.1. The van der Waals surface area contributed by atoms with Crippen LogP contribution in [0, 0.1) is 0 Å². The largest absolute Gasteiger partial charge is 0.399 e. The van der Waals surface area contributed by atoms with Crippen LogP contribution in [0.1, 0.15) is 17.6 Å². The first-order valence-corrected chi connectivity index (χ1v) is 7.30. The lowest BCUT2D eigenvalue weighted by molar-refractivity contribution is 0.667. The molecule has 0 spiro atoms. The van der Waals surface area contributed by atoms with E-state index in [1.165, 1.54) is 0 Å². The summed E-state index contributed by atoms with van der Waals surface area (Å²) in [7, 11) is 2.02. The predicted molar refractivity (Wildman–Crippen MR) is 87.1 cm³/mol. The van der Waals surface area contributed by atoms with Crippen LogP contribution in [0.4, 0.5) is 5.69 Å². The monoisotopic (exact) mass is 291 g/mol. The number of anilines is 1. The molecular formula is C17H17N5. The normalized spacial score (nSPS) is 16.7. The molecule has 5 heteroatoms. The van der Waals surface area contributed by atoms with E-state index in [0.29, 0.717) is 0 Å². The van der Waals surface area contributed by atoms with Crippen LogP contribution >= 0.6 is 0 Å². The topological polar surface area (TPSA) is 61.7 Å². The molecule has 0 saturated heterocycles. The minimum Gasteiger partial charge on any atom is -0.399 e. The van der Waals surface area contributed by atoms with E-state index in [1.807, 2.05) is 43.8 Å². The van der Waals surface area contributed by atoms with Gasteiger partial charge in [-0.25, -0.2) is 9.97 Å². The van der Waals surface area contributed by atoms with Crippen LogP contribution in [0.15, 0.2) is 48.9 Å². The van der Waals surface area contributed by atoms with Gasteiger partial charge in [-0.2, -0.15) is 0 Å². The molecule has 1 aromatic carbocycles. The number of allylic oxidation sites excluding steroid dienone is 1. The quantitative estimate of drug-likeness (QED) is 0.738. The second kappa shape index (κ2) is 4.87. The first-order chi connectivity index (χ1) is 10.7. The van der Waals surface area contributed by atoms with Gasteiger partial charge in [0.05, 0.1) is 11.9 Å². The molecule has 110 valence electrons. The summed E-state index contributed by atoms with van der Waals surface area (Å²) in [5, 5.41) is 0. The molecule has 1 atom stereocenters. The third kappa shape index (κ3) is 2.02. The summed E-state index contributed by atoms with van der Waals surface area (Å²) in [5.41, 5.74) is 8.80. The van der Waals surface area contributed by atoms with Gasteiger partial charge in [-0.05, 0) is 12.1 Å². The molecule has 0 amide bonds. The highest BCUT2D eigenvalue weighted by atomic mass is 15.1. The first kappa shape index (κ1) is 12.9. The standard InChI is InChI=1S/C17H17N5/c1-21-8-6-19-17(21)13-5-7-22-15(11-20-16(22)10-13)12-3-2-4-14(18)9-12/h2-9,11,13H,10,18H2,1H3. The Bertz CT molecular complexity index is 856. The number of aryl methyl sites for hydroxylation is 1. The van der Waals surface area contributed by atoms with Crippen molar-refractivity contribution in [1.29, 1.82) is 0 Å². The minimum absolute atomic E-state index is 0.267. The zero-order valence-corrected chi connectivity index (χ0v) is 12.3. The molecule has 0 radical (unpaired) electrons. The van der Waals surface area contributed by atoms with Gasteiger partial charge in [-0.1, -0.05) is 18.2 Å². The van der Waals surface area contributed by atoms with Crippen LogP contribution in [-0.2, 0) is 13.5 Å². The van der Waals surface area contributed by atoms with Crippen molar-refractivity contribution in [2.24, 2.45) is 7.05 Å². The average molecular weight is 291 g/mol. The second-order valence-corrected chi connectivity index (χ2v) is 5.60. The van der Waals surface area contributed by atoms with E-state index in [2.05, 4.69) is 37.4 Å². The van der Waals surface area contributed by atoms with Crippen molar-refractivity contribution < 1.29 is 0 Å². The molecule has 3 aromatic rings. The maximum atomic E-state index is 5.88. The van der Waals surface area contributed by atoms with Crippen molar-refractivity contribution in [2.45, 2.75) is 12.3 Å². The van der Waals surface area contributed by atoms with Crippen molar-refractivity contribution in [3.8, 4) is 11.3 Å². The third-order valence-corrected chi connectivity index (χ3v) is 4.12. The summed E-state index contributed by atoms with van der Waals surface area (Å²) in [6.07, 6.45) is 10.8. The van der Waals surface area contributed by atoms with E-state index in [0.717, 1.165) is 35.0 Å². The highest BCUT2D eigenvalue weighted by Gasteiger charge is 2.22. The molecule has 3 heterocycles. The number of hydrogen-bond donors (Lipinski definition) is 1. The molecule has 2 aromatic heterocycles. The van der Waals surface area contributed by atoms with Crippen LogP contribution in [-0.4, -0.2) is 19.1 Å². The molecule has 1 unspecified atom stereocenters. The lowest BCUT2D eigenvalue weighted by Gasteiger charge is -2.18. The number of nitrogens with two attached hydrogens (primary N) is 1. The third-order valence-electron chi connectivity index (χ3n) is 4.12. The Kier molecular flexibility index (Phi) is 2.85. The van der Waals surface area contributed by atoms with Gasteiger partial charge in [0.1, 0.15) is 11.6 Å². The van der Waals surface area contributed by atoms with E-state index >= 15 is 0 Å². The smallest absolute Gasteiger partial charge is 0.115 e. The molecule has 0 saturated carbocycles. The summed E-state index contributed by atoms with van der Waals surface area (Å²) in [6, 6.07) is 7.89.